The quantitative estimate of drug-likeness (QED) is 0.811. The average molecular weight is 365 g/mol. The Kier molecular flexibility index (Phi) is 6.04. The van der Waals surface area contributed by atoms with E-state index in [1.165, 1.54) is 6.92 Å². The van der Waals surface area contributed by atoms with Gasteiger partial charge in [-0.15, -0.1) is 0 Å². The molecule has 1 aromatic carbocycles. The minimum Gasteiger partial charge on any atom is -0.479 e. The van der Waals surface area contributed by atoms with E-state index >= 15 is 0 Å². The number of hydrogen-bond donors (Lipinski definition) is 1. The summed E-state index contributed by atoms with van der Waals surface area (Å²) >= 11 is 0. The van der Waals surface area contributed by atoms with Crippen LogP contribution in [0.15, 0.2) is 18.2 Å². The molecule has 0 spiro atoms. The van der Waals surface area contributed by atoms with Gasteiger partial charge in [0.05, 0.1) is 5.56 Å². The number of nitrogens with zero attached hydrogens (tertiary/aromatic N) is 1. The lowest BCUT2D eigenvalue weighted by molar-refractivity contribution is -0.144. The Morgan fingerprint density at radius 2 is 1.80 bits per heavy atom. The fraction of sp³-hybridized carbons (Fsp3) is 0.500. The molecule has 0 aliphatic rings. The van der Waals surface area contributed by atoms with E-state index in [-0.39, 0.29) is 12.1 Å². The van der Waals surface area contributed by atoms with Gasteiger partial charge in [0.2, 0.25) is 0 Å². The SMILES string of the molecule is CCN(C(=O)OC(C)(C)C)C(C(=O)O)c1ccc(F)c(C(F)(F)F)c1. The minimum atomic E-state index is -4.99. The standard InChI is InChI=1S/C16H19F4NO4/c1-5-21(14(24)25-15(2,3)4)12(13(22)23)9-6-7-11(17)10(8-9)16(18,19)20/h6-8,12H,5H2,1-4H3,(H,22,23). The molecule has 0 fully saturated rings. The summed E-state index contributed by atoms with van der Waals surface area (Å²) in [6.07, 6.45) is -5.99. The minimum absolute atomic E-state index is 0.134. The second kappa shape index (κ2) is 7.28. The number of likely N-dealkylation sites (N-methyl/N-ethyl adjacent to an activating group) is 1. The van der Waals surface area contributed by atoms with Gasteiger partial charge in [-0.3, -0.25) is 4.90 Å². The summed E-state index contributed by atoms with van der Waals surface area (Å²) in [6.45, 7) is 6.01. The maximum Gasteiger partial charge on any atom is 0.419 e. The number of rotatable bonds is 4. The highest BCUT2D eigenvalue weighted by Crippen LogP contribution is 2.34. The van der Waals surface area contributed by atoms with Crippen LogP contribution in [0.2, 0.25) is 0 Å². The molecule has 0 aliphatic carbocycles. The molecule has 1 rings (SSSR count). The van der Waals surface area contributed by atoms with Crippen molar-refractivity contribution in [2.75, 3.05) is 6.54 Å². The molecule has 1 amide bonds. The first-order valence-corrected chi connectivity index (χ1v) is 7.37. The third kappa shape index (κ3) is 5.33. The van der Waals surface area contributed by atoms with Crippen LogP contribution in [-0.2, 0) is 15.7 Å². The molecule has 0 bridgehead atoms. The molecular weight excluding hydrogens is 346 g/mol. The average Bonchev–Trinajstić information content (AvgIpc) is 2.41. The first-order valence-electron chi connectivity index (χ1n) is 7.37. The first-order chi connectivity index (χ1) is 11.3. The zero-order chi connectivity index (χ0) is 19.6. The maximum atomic E-state index is 13.4. The van der Waals surface area contributed by atoms with Gasteiger partial charge in [0.1, 0.15) is 11.4 Å². The summed E-state index contributed by atoms with van der Waals surface area (Å²) < 4.78 is 57.1. The van der Waals surface area contributed by atoms with Crippen molar-refractivity contribution in [1.29, 1.82) is 0 Å². The van der Waals surface area contributed by atoms with Crippen LogP contribution in [0, 0.1) is 5.82 Å². The van der Waals surface area contributed by atoms with Gasteiger partial charge in [-0.25, -0.2) is 14.0 Å². The highest BCUT2D eigenvalue weighted by Gasteiger charge is 2.38. The summed E-state index contributed by atoms with van der Waals surface area (Å²) in [5.41, 5.74) is -2.90. The topological polar surface area (TPSA) is 66.8 Å². The maximum absolute atomic E-state index is 13.4. The second-order valence-corrected chi connectivity index (χ2v) is 6.24. The van der Waals surface area contributed by atoms with Crippen LogP contribution in [0.25, 0.3) is 0 Å². The van der Waals surface area contributed by atoms with E-state index < -0.39 is 41.3 Å². The second-order valence-electron chi connectivity index (χ2n) is 6.24. The Morgan fingerprint density at radius 1 is 1.24 bits per heavy atom. The van der Waals surface area contributed by atoms with E-state index in [9.17, 15) is 32.3 Å². The number of carboxylic acid groups (broad SMARTS) is 1. The Bertz CT molecular complexity index is 653. The van der Waals surface area contributed by atoms with Gasteiger partial charge in [0.25, 0.3) is 0 Å². The molecule has 0 aliphatic heterocycles. The Balaban J connectivity index is 3.36. The molecule has 1 N–H and O–H groups in total. The molecule has 5 nitrogen and oxygen atoms in total. The lowest BCUT2D eigenvalue weighted by Crippen LogP contribution is -2.42. The summed E-state index contributed by atoms with van der Waals surface area (Å²) in [6, 6.07) is 0.0655. The monoisotopic (exact) mass is 365 g/mol. The van der Waals surface area contributed by atoms with Gasteiger partial charge >= 0.3 is 18.2 Å². The van der Waals surface area contributed by atoms with E-state index in [0.717, 1.165) is 11.0 Å². The number of hydrogen-bond acceptors (Lipinski definition) is 3. The third-order valence-electron chi connectivity index (χ3n) is 3.13. The molecule has 0 heterocycles. The Morgan fingerprint density at radius 3 is 2.20 bits per heavy atom. The number of ether oxygens (including phenoxy) is 1. The van der Waals surface area contributed by atoms with Crippen LogP contribution in [-0.4, -0.2) is 34.2 Å². The van der Waals surface area contributed by atoms with E-state index in [4.69, 9.17) is 4.74 Å². The van der Waals surface area contributed by atoms with Crippen molar-refractivity contribution < 1.29 is 37.0 Å². The highest BCUT2D eigenvalue weighted by molar-refractivity contribution is 5.81. The van der Waals surface area contributed by atoms with Crippen molar-refractivity contribution in [3.8, 4) is 0 Å². The van der Waals surface area contributed by atoms with Crippen LogP contribution in [0.5, 0.6) is 0 Å². The van der Waals surface area contributed by atoms with Crippen LogP contribution >= 0.6 is 0 Å². The van der Waals surface area contributed by atoms with Gasteiger partial charge in [0, 0.05) is 6.54 Å². The number of benzene rings is 1. The van der Waals surface area contributed by atoms with Crippen molar-refractivity contribution in [3.63, 3.8) is 0 Å². The number of halogens is 4. The number of carbonyl (C=O) groups is 2. The number of alkyl halides is 3. The Hall–Kier alpha value is -2.32. The van der Waals surface area contributed by atoms with E-state index in [1.807, 2.05) is 0 Å². The zero-order valence-corrected chi connectivity index (χ0v) is 14.1. The first kappa shape index (κ1) is 20.7. The van der Waals surface area contributed by atoms with Crippen molar-refractivity contribution >= 4 is 12.1 Å². The third-order valence-corrected chi connectivity index (χ3v) is 3.13. The van der Waals surface area contributed by atoms with Gasteiger partial charge in [-0.1, -0.05) is 6.07 Å². The van der Waals surface area contributed by atoms with E-state index in [0.29, 0.717) is 12.1 Å². The molecular formula is C16H19F4NO4. The lowest BCUT2D eigenvalue weighted by Gasteiger charge is -2.31. The van der Waals surface area contributed by atoms with Crippen LogP contribution < -0.4 is 0 Å². The van der Waals surface area contributed by atoms with Gasteiger partial charge in [-0.2, -0.15) is 13.2 Å². The van der Waals surface area contributed by atoms with Crippen molar-refractivity contribution in [2.24, 2.45) is 0 Å². The van der Waals surface area contributed by atoms with Crippen molar-refractivity contribution in [3.05, 3.63) is 35.1 Å². The molecule has 0 saturated carbocycles. The molecule has 0 saturated heterocycles. The number of carboxylic acids is 1. The molecule has 0 aromatic heterocycles. The molecule has 1 aromatic rings. The van der Waals surface area contributed by atoms with Gasteiger partial charge in [-0.05, 0) is 45.4 Å². The Labute approximate surface area is 142 Å². The fourth-order valence-electron chi connectivity index (χ4n) is 2.12. The molecule has 140 valence electrons. The number of amides is 1. The molecule has 1 unspecified atom stereocenters. The predicted molar refractivity (Wildman–Crippen MR) is 80.4 cm³/mol. The van der Waals surface area contributed by atoms with Crippen LogP contribution in [0.3, 0.4) is 0 Å². The van der Waals surface area contributed by atoms with Crippen molar-refractivity contribution in [1.82, 2.24) is 4.90 Å². The van der Waals surface area contributed by atoms with E-state index in [1.54, 1.807) is 20.8 Å². The summed E-state index contributed by atoms with van der Waals surface area (Å²) in [4.78, 5) is 24.6. The largest absolute Gasteiger partial charge is 0.479 e. The highest BCUT2D eigenvalue weighted by atomic mass is 19.4. The molecule has 1 atom stereocenters. The fourth-order valence-corrected chi connectivity index (χ4v) is 2.12. The molecule has 25 heavy (non-hydrogen) atoms. The van der Waals surface area contributed by atoms with Gasteiger partial charge in [0.15, 0.2) is 6.04 Å². The summed E-state index contributed by atoms with van der Waals surface area (Å²) in [5, 5.41) is 9.41. The number of aliphatic carboxylic acids is 1. The predicted octanol–water partition coefficient (Wildman–Crippen LogP) is 4.23. The van der Waals surface area contributed by atoms with Crippen LogP contribution in [0.1, 0.15) is 44.9 Å². The zero-order valence-electron chi connectivity index (χ0n) is 14.1. The smallest absolute Gasteiger partial charge is 0.419 e. The number of carbonyl (C=O) groups excluding carboxylic acids is 1. The van der Waals surface area contributed by atoms with E-state index in [2.05, 4.69) is 0 Å². The summed E-state index contributed by atoms with van der Waals surface area (Å²) in [5.74, 6) is -3.09. The lowest BCUT2D eigenvalue weighted by atomic mass is 10.0. The summed E-state index contributed by atoms with van der Waals surface area (Å²) in [7, 11) is 0. The van der Waals surface area contributed by atoms with Gasteiger partial charge < -0.3 is 9.84 Å². The molecule has 9 heteroatoms. The van der Waals surface area contributed by atoms with Crippen LogP contribution in [0.4, 0.5) is 22.4 Å². The normalized spacial score (nSPS) is 13.3. The molecule has 0 radical (unpaired) electrons. The van der Waals surface area contributed by atoms with Crippen molar-refractivity contribution in [2.45, 2.75) is 45.5 Å².